The van der Waals surface area contributed by atoms with Gasteiger partial charge in [-0.3, -0.25) is 9.36 Å². The number of benzene rings is 1. The molecule has 1 aromatic carbocycles. The van der Waals surface area contributed by atoms with Gasteiger partial charge in [-0.15, -0.1) is 0 Å². The van der Waals surface area contributed by atoms with E-state index in [2.05, 4.69) is 37.4 Å². The van der Waals surface area contributed by atoms with Crippen molar-refractivity contribution in [2.45, 2.75) is 13.0 Å². The first-order valence-electron chi connectivity index (χ1n) is 10.3. The number of rotatable bonds is 6. The lowest BCUT2D eigenvalue weighted by atomic mass is 9.99. The van der Waals surface area contributed by atoms with Gasteiger partial charge in [0.25, 0.3) is 5.91 Å². The highest BCUT2D eigenvalue weighted by molar-refractivity contribution is 5.92. The molecule has 1 aliphatic rings. The summed E-state index contributed by atoms with van der Waals surface area (Å²) in [6.45, 7) is 1.21. The summed E-state index contributed by atoms with van der Waals surface area (Å²) >= 11 is 0. The van der Waals surface area contributed by atoms with E-state index in [1.165, 1.54) is 6.33 Å². The number of carbonyl (C=O) groups excluding carboxylic acids is 1. The first kappa shape index (κ1) is 19.7. The Morgan fingerprint density at radius 2 is 2.00 bits per heavy atom. The molecule has 0 fully saturated rings. The van der Waals surface area contributed by atoms with Crippen LogP contribution in [0.15, 0.2) is 73.7 Å². The summed E-state index contributed by atoms with van der Waals surface area (Å²) < 4.78 is 3.80. The van der Waals surface area contributed by atoms with Crippen molar-refractivity contribution in [2.24, 2.45) is 5.92 Å². The maximum atomic E-state index is 12.5. The first-order chi connectivity index (χ1) is 15.7. The van der Waals surface area contributed by atoms with Crippen LogP contribution in [0.2, 0.25) is 0 Å². The molecule has 1 unspecified atom stereocenters. The normalized spacial score (nSPS) is 15.6. The zero-order chi connectivity index (χ0) is 21.9. The fourth-order valence-corrected chi connectivity index (χ4v) is 3.70. The lowest BCUT2D eigenvalue weighted by Gasteiger charge is -2.17. The highest BCUT2D eigenvalue weighted by atomic mass is 16.1. The molecule has 160 valence electrons. The number of nitrogens with zero attached hydrogens (tertiary/aromatic N) is 6. The van der Waals surface area contributed by atoms with Crippen molar-refractivity contribution < 1.29 is 4.79 Å². The average molecular weight is 426 g/mol. The Balaban J connectivity index is 1.17. The summed E-state index contributed by atoms with van der Waals surface area (Å²) in [6, 6.07) is 10.1. The van der Waals surface area contributed by atoms with Gasteiger partial charge in [-0.05, 0) is 24.0 Å². The minimum atomic E-state index is -0.173. The van der Waals surface area contributed by atoms with E-state index in [1.807, 2.05) is 45.5 Å². The molecule has 5 rings (SSSR count). The van der Waals surface area contributed by atoms with Crippen molar-refractivity contribution in [2.75, 3.05) is 12.3 Å². The van der Waals surface area contributed by atoms with E-state index >= 15 is 0 Å². The molecule has 0 radical (unpaired) electrons. The van der Waals surface area contributed by atoms with Crippen molar-refractivity contribution in [3.05, 3.63) is 85.0 Å². The van der Waals surface area contributed by atoms with Crippen molar-refractivity contribution >= 4 is 28.6 Å². The average Bonchev–Trinajstić information content (AvgIpc) is 3.47. The lowest BCUT2D eigenvalue weighted by Crippen LogP contribution is -2.29. The van der Waals surface area contributed by atoms with Crippen LogP contribution in [0.1, 0.15) is 22.5 Å². The molecule has 0 saturated carbocycles. The van der Waals surface area contributed by atoms with Crippen LogP contribution in [0.4, 0.5) is 5.82 Å². The molecule has 0 saturated heterocycles. The summed E-state index contributed by atoms with van der Waals surface area (Å²) in [6.07, 6.45) is 13.6. The maximum absolute atomic E-state index is 12.5. The van der Waals surface area contributed by atoms with Crippen LogP contribution in [0.5, 0.6) is 0 Å². The van der Waals surface area contributed by atoms with E-state index in [0.29, 0.717) is 35.8 Å². The van der Waals surface area contributed by atoms with E-state index < -0.39 is 0 Å². The van der Waals surface area contributed by atoms with Gasteiger partial charge in [0.05, 0.1) is 6.33 Å². The predicted molar refractivity (Wildman–Crippen MR) is 121 cm³/mol. The molecule has 0 aliphatic heterocycles. The number of fused-ring (bicyclic) bond motifs is 1. The van der Waals surface area contributed by atoms with Gasteiger partial charge in [0.2, 0.25) is 0 Å². The molecule has 3 N–H and O–H groups in total. The molecule has 0 bridgehead atoms. The number of nitrogen functional groups attached to an aromatic ring is 1. The molecule has 4 aromatic rings. The van der Waals surface area contributed by atoms with Crippen LogP contribution in [-0.2, 0) is 6.54 Å². The fraction of sp³-hybridized carbons (Fsp3) is 0.174. The van der Waals surface area contributed by atoms with Crippen LogP contribution in [0.3, 0.4) is 0 Å². The number of carbonyl (C=O) groups is 1. The summed E-state index contributed by atoms with van der Waals surface area (Å²) in [5, 5.41) is 2.98. The van der Waals surface area contributed by atoms with Crippen LogP contribution in [0, 0.1) is 5.92 Å². The third kappa shape index (κ3) is 4.00. The highest BCUT2D eigenvalue weighted by Gasteiger charge is 2.16. The number of aromatic nitrogens is 6. The monoisotopic (exact) mass is 426 g/mol. The minimum absolute atomic E-state index is 0.173. The van der Waals surface area contributed by atoms with Crippen LogP contribution < -0.4 is 11.1 Å². The SMILES string of the molecule is Nc1ncnc2c1ncn2C1=CCC(CNC(=O)c2cn(Cc3ccccc3)cn2)C=C1. The Morgan fingerprint density at radius 1 is 1.12 bits per heavy atom. The Labute approximate surface area is 184 Å². The second kappa shape index (κ2) is 8.46. The molecule has 1 atom stereocenters. The van der Waals surface area contributed by atoms with E-state index in [4.69, 9.17) is 5.73 Å². The number of nitrogens with two attached hydrogens (primary N) is 1. The minimum Gasteiger partial charge on any atom is -0.382 e. The molecular formula is C23H22N8O. The zero-order valence-corrected chi connectivity index (χ0v) is 17.3. The third-order valence-electron chi connectivity index (χ3n) is 5.41. The van der Waals surface area contributed by atoms with Gasteiger partial charge in [-0.25, -0.2) is 19.9 Å². The van der Waals surface area contributed by atoms with E-state index in [1.54, 1.807) is 18.9 Å². The molecular weight excluding hydrogens is 404 g/mol. The topological polar surface area (TPSA) is 117 Å². The number of hydrogen-bond acceptors (Lipinski definition) is 6. The van der Waals surface area contributed by atoms with Crippen molar-refractivity contribution in [3.8, 4) is 0 Å². The Bertz CT molecular complexity index is 1320. The van der Waals surface area contributed by atoms with E-state index in [9.17, 15) is 4.79 Å². The molecule has 3 heterocycles. The van der Waals surface area contributed by atoms with Gasteiger partial charge >= 0.3 is 0 Å². The standard InChI is InChI=1S/C23H22N8O/c24-21-20-22(27-13-26-21)31(15-29-20)18-8-6-16(7-9-18)10-25-23(32)19-12-30(14-28-19)11-17-4-2-1-3-5-17/h1-6,8-9,12-16H,7,10-11H2,(H,25,32)(H2,24,26,27). The second-order valence-corrected chi connectivity index (χ2v) is 7.66. The smallest absolute Gasteiger partial charge is 0.271 e. The quantitative estimate of drug-likeness (QED) is 0.489. The van der Waals surface area contributed by atoms with Crippen LogP contribution >= 0.6 is 0 Å². The molecule has 1 aliphatic carbocycles. The molecule has 9 nitrogen and oxygen atoms in total. The van der Waals surface area contributed by atoms with Gasteiger partial charge in [0, 0.05) is 25.0 Å². The summed E-state index contributed by atoms with van der Waals surface area (Å²) in [4.78, 5) is 29.3. The van der Waals surface area contributed by atoms with E-state index in [-0.39, 0.29) is 11.8 Å². The van der Waals surface area contributed by atoms with E-state index in [0.717, 1.165) is 17.7 Å². The molecule has 9 heteroatoms. The first-order valence-corrected chi connectivity index (χ1v) is 10.3. The predicted octanol–water partition coefficient (Wildman–Crippen LogP) is 2.50. The van der Waals surface area contributed by atoms with Crippen molar-refractivity contribution in [3.63, 3.8) is 0 Å². The number of nitrogens with one attached hydrogen (secondary N) is 1. The fourth-order valence-electron chi connectivity index (χ4n) is 3.70. The summed E-state index contributed by atoms with van der Waals surface area (Å²) in [5.41, 5.74) is 9.66. The largest absolute Gasteiger partial charge is 0.382 e. The maximum Gasteiger partial charge on any atom is 0.271 e. The van der Waals surface area contributed by atoms with Gasteiger partial charge in [0.15, 0.2) is 17.0 Å². The molecule has 0 spiro atoms. The van der Waals surface area contributed by atoms with Gasteiger partial charge in [-0.1, -0.05) is 42.5 Å². The Kier molecular flexibility index (Phi) is 5.20. The number of hydrogen-bond donors (Lipinski definition) is 2. The van der Waals surface area contributed by atoms with Gasteiger partial charge in [0.1, 0.15) is 18.3 Å². The number of allylic oxidation sites excluding steroid dienone is 3. The lowest BCUT2D eigenvalue weighted by molar-refractivity contribution is 0.0945. The second-order valence-electron chi connectivity index (χ2n) is 7.66. The Hall–Kier alpha value is -4.27. The van der Waals surface area contributed by atoms with Crippen LogP contribution in [-0.4, -0.2) is 41.5 Å². The number of anilines is 1. The molecule has 32 heavy (non-hydrogen) atoms. The van der Waals surface area contributed by atoms with Crippen molar-refractivity contribution in [1.29, 1.82) is 0 Å². The van der Waals surface area contributed by atoms with Gasteiger partial charge in [-0.2, -0.15) is 0 Å². The summed E-state index contributed by atoms with van der Waals surface area (Å²) in [7, 11) is 0. The Morgan fingerprint density at radius 3 is 2.81 bits per heavy atom. The number of amides is 1. The third-order valence-corrected chi connectivity index (χ3v) is 5.41. The van der Waals surface area contributed by atoms with Crippen molar-refractivity contribution in [1.82, 2.24) is 34.4 Å². The zero-order valence-electron chi connectivity index (χ0n) is 17.3. The van der Waals surface area contributed by atoms with Crippen LogP contribution in [0.25, 0.3) is 16.9 Å². The van der Waals surface area contributed by atoms with Gasteiger partial charge < -0.3 is 15.6 Å². The molecule has 1 amide bonds. The number of imidazole rings is 2. The molecule has 3 aromatic heterocycles. The highest BCUT2D eigenvalue weighted by Crippen LogP contribution is 2.23. The summed E-state index contributed by atoms with van der Waals surface area (Å²) in [5.74, 6) is 0.386.